The summed E-state index contributed by atoms with van der Waals surface area (Å²) in [6, 6.07) is 1.98. The standard InChI is InChI=1S/C13H22N4/c1-4-5-10-16-11(14-3)8-12(17-10)15-9-13(2)6-7-13/h8H,4-7,9H2,1-3H3,(H2,14,15,16,17). The fraction of sp³-hybridized carbons (Fsp3) is 0.692. The van der Waals surface area contributed by atoms with Gasteiger partial charge in [-0.05, 0) is 24.7 Å². The van der Waals surface area contributed by atoms with E-state index in [9.17, 15) is 0 Å². The largest absolute Gasteiger partial charge is 0.373 e. The maximum absolute atomic E-state index is 4.54. The highest BCUT2D eigenvalue weighted by molar-refractivity contribution is 5.47. The van der Waals surface area contributed by atoms with Crippen molar-refractivity contribution in [3.63, 3.8) is 0 Å². The van der Waals surface area contributed by atoms with Crippen molar-refractivity contribution in [3.05, 3.63) is 11.9 Å². The molecule has 0 saturated heterocycles. The predicted molar refractivity (Wildman–Crippen MR) is 71.4 cm³/mol. The van der Waals surface area contributed by atoms with Crippen LogP contribution in [0.3, 0.4) is 0 Å². The van der Waals surface area contributed by atoms with Gasteiger partial charge < -0.3 is 10.6 Å². The van der Waals surface area contributed by atoms with E-state index in [0.717, 1.165) is 36.8 Å². The molecular formula is C13H22N4. The van der Waals surface area contributed by atoms with Crippen molar-refractivity contribution < 1.29 is 0 Å². The van der Waals surface area contributed by atoms with Crippen molar-refractivity contribution in [2.45, 2.75) is 39.5 Å². The minimum atomic E-state index is 0.496. The molecule has 1 aromatic rings. The molecule has 1 saturated carbocycles. The lowest BCUT2D eigenvalue weighted by Gasteiger charge is -2.12. The van der Waals surface area contributed by atoms with Gasteiger partial charge in [0.15, 0.2) is 0 Å². The molecule has 2 N–H and O–H groups in total. The Bertz CT molecular complexity index is 385. The predicted octanol–water partition coefficient (Wildman–Crippen LogP) is 2.68. The van der Waals surface area contributed by atoms with E-state index in [0.29, 0.717) is 5.41 Å². The van der Waals surface area contributed by atoms with Gasteiger partial charge in [0, 0.05) is 26.1 Å². The first-order valence-corrected chi connectivity index (χ1v) is 6.45. The average molecular weight is 234 g/mol. The fourth-order valence-electron chi connectivity index (χ4n) is 1.75. The first-order valence-electron chi connectivity index (χ1n) is 6.45. The van der Waals surface area contributed by atoms with E-state index in [4.69, 9.17) is 0 Å². The Hall–Kier alpha value is -1.32. The van der Waals surface area contributed by atoms with E-state index in [1.165, 1.54) is 12.8 Å². The summed E-state index contributed by atoms with van der Waals surface area (Å²) in [6.45, 7) is 5.47. The summed E-state index contributed by atoms with van der Waals surface area (Å²) in [5, 5.41) is 6.52. The molecule has 4 nitrogen and oxygen atoms in total. The molecule has 0 unspecified atom stereocenters. The van der Waals surface area contributed by atoms with Gasteiger partial charge in [-0.2, -0.15) is 0 Å². The molecule has 0 atom stereocenters. The molecule has 0 amide bonds. The third-order valence-corrected chi connectivity index (χ3v) is 3.30. The van der Waals surface area contributed by atoms with Gasteiger partial charge in [-0.1, -0.05) is 13.8 Å². The van der Waals surface area contributed by atoms with Gasteiger partial charge in [0.05, 0.1) is 0 Å². The van der Waals surface area contributed by atoms with Gasteiger partial charge in [-0.25, -0.2) is 9.97 Å². The van der Waals surface area contributed by atoms with Crippen LogP contribution in [0.1, 0.15) is 38.9 Å². The van der Waals surface area contributed by atoms with Crippen LogP contribution in [0.25, 0.3) is 0 Å². The Balaban J connectivity index is 2.05. The lowest BCUT2D eigenvalue weighted by atomic mass is 10.1. The lowest BCUT2D eigenvalue weighted by molar-refractivity contribution is 0.609. The molecule has 2 rings (SSSR count). The number of nitrogens with zero attached hydrogens (tertiary/aromatic N) is 2. The highest BCUT2D eigenvalue weighted by Crippen LogP contribution is 2.44. The van der Waals surface area contributed by atoms with E-state index in [-0.39, 0.29) is 0 Å². The van der Waals surface area contributed by atoms with Gasteiger partial charge in [0.1, 0.15) is 17.5 Å². The maximum atomic E-state index is 4.54. The summed E-state index contributed by atoms with van der Waals surface area (Å²) in [4.78, 5) is 8.98. The molecular weight excluding hydrogens is 212 g/mol. The molecule has 1 aromatic heterocycles. The molecule has 0 bridgehead atoms. The van der Waals surface area contributed by atoms with Crippen LogP contribution in [-0.4, -0.2) is 23.6 Å². The van der Waals surface area contributed by atoms with Crippen molar-refractivity contribution >= 4 is 11.6 Å². The summed E-state index contributed by atoms with van der Waals surface area (Å²) in [7, 11) is 1.89. The Labute approximate surface area is 103 Å². The molecule has 1 aliphatic rings. The Morgan fingerprint density at radius 3 is 2.59 bits per heavy atom. The smallest absolute Gasteiger partial charge is 0.133 e. The summed E-state index contributed by atoms with van der Waals surface area (Å²) in [5.41, 5.74) is 0.496. The quantitative estimate of drug-likeness (QED) is 0.794. The van der Waals surface area contributed by atoms with Crippen LogP contribution in [0, 0.1) is 5.41 Å². The first-order chi connectivity index (χ1) is 8.15. The lowest BCUT2D eigenvalue weighted by Crippen LogP contribution is -2.14. The van der Waals surface area contributed by atoms with Crippen LogP contribution in [0.4, 0.5) is 11.6 Å². The van der Waals surface area contributed by atoms with Crippen LogP contribution in [0.5, 0.6) is 0 Å². The number of hydrogen-bond donors (Lipinski definition) is 2. The van der Waals surface area contributed by atoms with Crippen LogP contribution < -0.4 is 10.6 Å². The van der Waals surface area contributed by atoms with Gasteiger partial charge in [0.25, 0.3) is 0 Å². The van der Waals surface area contributed by atoms with E-state index < -0.39 is 0 Å². The van der Waals surface area contributed by atoms with Crippen LogP contribution in [-0.2, 0) is 6.42 Å². The van der Waals surface area contributed by atoms with Crippen molar-refractivity contribution in [3.8, 4) is 0 Å². The van der Waals surface area contributed by atoms with Crippen molar-refractivity contribution in [1.29, 1.82) is 0 Å². The second-order valence-electron chi connectivity index (χ2n) is 5.22. The molecule has 0 radical (unpaired) electrons. The molecule has 1 heterocycles. The number of hydrogen-bond acceptors (Lipinski definition) is 4. The van der Waals surface area contributed by atoms with Crippen molar-refractivity contribution in [2.24, 2.45) is 5.41 Å². The van der Waals surface area contributed by atoms with Crippen molar-refractivity contribution in [2.75, 3.05) is 24.2 Å². The number of aryl methyl sites for hydroxylation is 1. The zero-order valence-corrected chi connectivity index (χ0v) is 11.0. The SMILES string of the molecule is CCCc1nc(NC)cc(NCC2(C)CC2)n1. The molecule has 17 heavy (non-hydrogen) atoms. The third kappa shape index (κ3) is 3.32. The molecule has 94 valence electrons. The van der Waals surface area contributed by atoms with E-state index in [2.05, 4.69) is 34.4 Å². The minimum Gasteiger partial charge on any atom is -0.373 e. The molecule has 0 aromatic carbocycles. The normalized spacial score (nSPS) is 16.6. The Morgan fingerprint density at radius 1 is 1.29 bits per heavy atom. The summed E-state index contributed by atoms with van der Waals surface area (Å²) in [6.07, 6.45) is 4.66. The fourth-order valence-corrected chi connectivity index (χ4v) is 1.75. The number of anilines is 2. The van der Waals surface area contributed by atoms with Gasteiger partial charge in [-0.15, -0.1) is 0 Å². The first kappa shape index (κ1) is 12.1. The van der Waals surface area contributed by atoms with E-state index in [1.54, 1.807) is 0 Å². The Kier molecular flexibility index (Phi) is 3.50. The van der Waals surface area contributed by atoms with Gasteiger partial charge in [-0.3, -0.25) is 0 Å². The van der Waals surface area contributed by atoms with Crippen LogP contribution in [0.15, 0.2) is 6.07 Å². The van der Waals surface area contributed by atoms with Gasteiger partial charge >= 0.3 is 0 Å². The summed E-state index contributed by atoms with van der Waals surface area (Å²) in [5.74, 6) is 2.76. The number of nitrogens with one attached hydrogen (secondary N) is 2. The Morgan fingerprint density at radius 2 is 2.00 bits per heavy atom. The van der Waals surface area contributed by atoms with Crippen LogP contribution in [0.2, 0.25) is 0 Å². The zero-order valence-electron chi connectivity index (χ0n) is 11.0. The van der Waals surface area contributed by atoms with E-state index >= 15 is 0 Å². The third-order valence-electron chi connectivity index (χ3n) is 3.30. The van der Waals surface area contributed by atoms with Crippen LogP contribution >= 0.6 is 0 Å². The average Bonchev–Trinajstić information content (AvgIpc) is 3.06. The second-order valence-corrected chi connectivity index (χ2v) is 5.22. The highest BCUT2D eigenvalue weighted by atomic mass is 15.1. The maximum Gasteiger partial charge on any atom is 0.133 e. The topological polar surface area (TPSA) is 49.8 Å². The molecule has 0 spiro atoms. The molecule has 1 aliphatic carbocycles. The van der Waals surface area contributed by atoms with Crippen molar-refractivity contribution in [1.82, 2.24) is 9.97 Å². The second kappa shape index (κ2) is 4.90. The monoisotopic (exact) mass is 234 g/mol. The highest BCUT2D eigenvalue weighted by Gasteiger charge is 2.36. The van der Waals surface area contributed by atoms with Gasteiger partial charge in [0.2, 0.25) is 0 Å². The number of aromatic nitrogens is 2. The van der Waals surface area contributed by atoms with E-state index in [1.807, 2.05) is 13.1 Å². The molecule has 1 fully saturated rings. The molecule has 4 heteroatoms. The summed E-state index contributed by atoms with van der Waals surface area (Å²) >= 11 is 0. The number of rotatable bonds is 6. The zero-order chi connectivity index (χ0) is 12.3. The summed E-state index contributed by atoms with van der Waals surface area (Å²) < 4.78 is 0. The minimum absolute atomic E-state index is 0.496. The molecule has 0 aliphatic heterocycles.